The number of fused-ring (bicyclic) bond motifs is 1. The summed E-state index contributed by atoms with van der Waals surface area (Å²) < 4.78 is 1.53. The van der Waals surface area contributed by atoms with Gasteiger partial charge in [0.2, 0.25) is 0 Å². The molecule has 1 aromatic heterocycles. The molecule has 2 fully saturated rings. The molecule has 0 bridgehead atoms. The monoisotopic (exact) mass is 383 g/mol. The minimum Gasteiger partial charge on any atom is -0.480 e. The summed E-state index contributed by atoms with van der Waals surface area (Å²) in [6.45, 7) is 0.887. The summed E-state index contributed by atoms with van der Waals surface area (Å²) in [5, 5.41) is 12.9. The Morgan fingerprint density at radius 1 is 1.25 bits per heavy atom. The number of carbonyl (C=O) groups is 2. The molecule has 0 atom stereocenters. The lowest BCUT2D eigenvalue weighted by Gasteiger charge is -2.42. The van der Waals surface area contributed by atoms with Crippen LogP contribution in [0.4, 0.5) is 0 Å². The Morgan fingerprint density at radius 3 is 2.64 bits per heavy atom. The number of hydrogen-bond acceptors (Lipinski definition) is 4. The van der Waals surface area contributed by atoms with Gasteiger partial charge in [0.1, 0.15) is 0 Å². The van der Waals surface area contributed by atoms with E-state index in [1.807, 2.05) is 29.2 Å². The van der Waals surface area contributed by atoms with Gasteiger partial charge in [-0.3, -0.25) is 19.3 Å². The Kier molecular flexibility index (Phi) is 4.93. The number of hydrogen-bond donors (Lipinski definition) is 2. The van der Waals surface area contributed by atoms with Crippen molar-refractivity contribution in [2.45, 2.75) is 37.8 Å². The van der Waals surface area contributed by atoms with E-state index in [1.54, 1.807) is 7.05 Å². The van der Waals surface area contributed by atoms with Crippen LogP contribution < -0.4 is 10.9 Å². The van der Waals surface area contributed by atoms with Crippen LogP contribution in [0.1, 0.15) is 36.0 Å². The predicted octanol–water partition coefficient (Wildman–Crippen LogP) is 1.60. The van der Waals surface area contributed by atoms with Crippen LogP contribution >= 0.6 is 0 Å². The smallest absolute Gasteiger partial charge is 0.317 e. The van der Waals surface area contributed by atoms with E-state index in [-0.39, 0.29) is 30.1 Å². The first kappa shape index (κ1) is 18.7. The second-order valence-corrected chi connectivity index (χ2v) is 8.03. The van der Waals surface area contributed by atoms with Crippen LogP contribution in [0.5, 0.6) is 0 Å². The first-order valence-corrected chi connectivity index (χ1v) is 9.78. The zero-order chi connectivity index (χ0) is 19.8. The topological polar surface area (TPSA) is 91.6 Å². The lowest BCUT2D eigenvalue weighted by Crippen LogP contribution is -2.55. The van der Waals surface area contributed by atoms with Crippen molar-refractivity contribution in [1.82, 2.24) is 14.8 Å². The molecule has 2 aliphatic carbocycles. The zero-order valence-electron chi connectivity index (χ0n) is 15.9. The lowest BCUT2D eigenvalue weighted by atomic mass is 9.85. The van der Waals surface area contributed by atoms with Crippen LogP contribution in [0.3, 0.4) is 0 Å². The molecule has 2 N–H and O–H groups in total. The molecule has 148 valence electrons. The highest BCUT2D eigenvalue weighted by Gasteiger charge is 2.38. The summed E-state index contributed by atoms with van der Waals surface area (Å²) in [6, 6.07) is 8.96. The first-order chi connectivity index (χ1) is 13.4. The predicted molar refractivity (Wildman–Crippen MR) is 105 cm³/mol. The molecule has 1 heterocycles. The SMILES string of the molecule is Cn1c(=O)cc(C(=O)NC2CC(N(CC(=O)O)CC3CC3)C2)c2ccccc21. The molecule has 2 aromatic rings. The number of benzene rings is 1. The number of nitrogens with zero attached hydrogens (tertiary/aromatic N) is 2. The summed E-state index contributed by atoms with van der Waals surface area (Å²) in [6.07, 6.45) is 3.85. The van der Waals surface area contributed by atoms with Gasteiger partial charge < -0.3 is 15.0 Å². The molecule has 2 aliphatic rings. The van der Waals surface area contributed by atoms with Crippen molar-refractivity contribution >= 4 is 22.8 Å². The van der Waals surface area contributed by atoms with Gasteiger partial charge in [-0.1, -0.05) is 18.2 Å². The van der Waals surface area contributed by atoms with Crippen molar-refractivity contribution in [1.29, 1.82) is 0 Å². The van der Waals surface area contributed by atoms with Gasteiger partial charge in [-0.25, -0.2) is 0 Å². The average Bonchev–Trinajstić information content (AvgIpc) is 3.44. The van der Waals surface area contributed by atoms with Crippen molar-refractivity contribution in [3.8, 4) is 0 Å². The second kappa shape index (κ2) is 7.39. The Balaban J connectivity index is 1.43. The number of aryl methyl sites for hydroxylation is 1. The minimum atomic E-state index is -0.806. The van der Waals surface area contributed by atoms with Crippen LogP contribution in [0.2, 0.25) is 0 Å². The van der Waals surface area contributed by atoms with E-state index < -0.39 is 5.97 Å². The van der Waals surface area contributed by atoms with Crippen LogP contribution in [-0.2, 0) is 11.8 Å². The maximum Gasteiger partial charge on any atom is 0.317 e. The fourth-order valence-electron chi connectivity index (χ4n) is 4.01. The van der Waals surface area contributed by atoms with Crippen molar-refractivity contribution in [3.63, 3.8) is 0 Å². The standard InChI is InChI=1S/C21H25N3O4/c1-23-18-5-3-2-4-16(18)17(10-19(23)25)21(28)22-14-8-15(9-14)24(12-20(26)27)11-13-6-7-13/h2-5,10,13-15H,6-9,11-12H2,1H3,(H,22,28)(H,26,27). The van der Waals surface area contributed by atoms with Crippen molar-refractivity contribution in [2.75, 3.05) is 13.1 Å². The molecule has 0 spiro atoms. The number of pyridine rings is 1. The van der Waals surface area contributed by atoms with Crippen LogP contribution in [0.25, 0.3) is 10.9 Å². The zero-order valence-corrected chi connectivity index (χ0v) is 15.9. The number of para-hydroxylation sites is 1. The maximum atomic E-state index is 12.8. The number of aromatic nitrogens is 1. The van der Waals surface area contributed by atoms with Gasteiger partial charge in [-0.15, -0.1) is 0 Å². The second-order valence-electron chi connectivity index (χ2n) is 8.03. The number of aliphatic carboxylic acids is 1. The highest BCUT2D eigenvalue weighted by atomic mass is 16.4. The molecule has 28 heavy (non-hydrogen) atoms. The van der Waals surface area contributed by atoms with E-state index in [0.717, 1.165) is 30.3 Å². The molecular formula is C21H25N3O4. The van der Waals surface area contributed by atoms with Crippen molar-refractivity contribution < 1.29 is 14.7 Å². The van der Waals surface area contributed by atoms with Gasteiger partial charge in [-0.05, 0) is 37.7 Å². The molecule has 1 amide bonds. The summed E-state index contributed by atoms with van der Waals surface area (Å²) in [7, 11) is 1.69. The quantitative estimate of drug-likeness (QED) is 0.758. The Morgan fingerprint density at radius 2 is 1.96 bits per heavy atom. The van der Waals surface area contributed by atoms with Crippen molar-refractivity contribution in [3.05, 3.63) is 46.2 Å². The summed E-state index contributed by atoms with van der Waals surface area (Å²) in [4.78, 5) is 38.2. The highest BCUT2D eigenvalue weighted by molar-refractivity contribution is 6.06. The molecule has 2 saturated carbocycles. The van der Waals surface area contributed by atoms with Gasteiger partial charge in [0, 0.05) is 37.1 Å². The number of carboxylic acid groups (broad SMARTS) is 1. The van der Waals surface area contributed by atoms with E-state index in [4.69, 9.17) is 5.11 Å². The molecular weight excluding hydrogens is 358 g/mol. The van der Waals surface area contributed by atoms with Gasteiger partial charge in [0.25, 0.3) is 11.5 Å². The third-order valence-electron chi connectivity index (χ3n) is 5.89. The minimum absolute atomic E-state index is 0.0100. The molecule has 0 unspecified atom stereocenters. The van der Waals surface area contributed by atoms with Gasteiger partial charge in [-0.2, -0.15) is 0 Å². The van der Waals surface area contributed by atoms with E-state index in [1.165, 1.54) is 23.5 Å². The molecule has 7 nitrogen and oxygen atoms in total. The fourth-order valence-corrected chi connectivity index (χ4v) is 4.01. The molecule has 0 saturated heterocycles. The Hall–Kier alpha value is -2.67. The average molecular weight is 383 g/mol. The number of carbonyl (C=O) groups excluding carboxylic acids is 1. The summed E-state index contributed by atoms with van der Waals surface area (Å²) in [5.41, 5.74) is 0.902. The molecule has 0 aliphatic heterocycles. The van der Waals surface area contributed by atoms with Gasteiger partial charge >= 0.3 is 5.97 Å². The summed E-state index contributed by atoms with van der Waals surface area (Å²) in [5.74, 6) is -0.427. The van der Waals surface area contributed by atoms with Crippen LogP contribution in [0.15, 0.2) is 35.1 Å². The lowest BCUT2D eigenvalue weighted by molar-refractivity contribution is -0.139. The highest BCUT2D eigenvalue weighted by Crippen LogP contribution is 2.34. The molecule has 0 radical (unpaired) electrons. The number of carboxylic acids is 1. The maximum absolute atomic E-state index is 12.8. The normalized spacial score (nSPS) is 21.5. The Labute approximate surface area is 162 Å². The van der Waals surface area contributed by atoms with Gasteiger partial charge in [0.05, 0.1) is 17.6 Å². The van der Waals surface area contributed by atoms with Gasteiger partial charge in [0.15, 0.2) is 0 Å². The number of rotatable bonds is 7. The number of nitrogens with one attached hydrogen (secondary N) is 1. The van der Waals surface area contributed by atoms with Crippen molar-refractivity contribution in [2.24, 2.45) is 13.0 Å². The Bertz CT molecular complexity index is 973. The third kappa shape index (κ3) is 3.80. The molecule has 1 aromatic carbocycles. The third-order valence-corrected chi connectivity index (χ3v) is 5.89. The van der Waals surface area contributed by atoms with Crippen LogP contribution in [-0.4, -0.2) is 51.6 Å². The van der Waals surface area contributed by atoms with Crippen LogP contribution in [0, 0.1) is 5.92 Å². The van der Waals surface area contributed by atoms with E-state index in [2.05, 4.69) is 5.32 Å². The van der Waals surface area contributed by atoms with E-state index in [9.17, 15) is 14.4 Å². The summed E-state index contributed by atoms with van der Waals surface area (Å²) >= 11 is 0. The fraction of sp³-hybridized carbons (Fsp3) is 0.476. The molecule has 7 heteroatoms. The largest absolute Gasteiger partial charge is 0.480 e. The number of amides is 1. The first-order valence-electron chi connectivity index (χ1n) is 9.78. The molecule has 4 rings (SSSR count). The van der Waals surface area contributed by atoms with E-state index >= 15 is 0 Å². The van der Waals surface area contributed by atoms with E-state index in [0.29, 0.717) is 11.5 Å².